The number of hydrogen-bond acceptors (Lipinski definition) is 3. The van der Waals surface area contributed by atoms with Crippen molar-refractivity contribution < 1.29 is 14.6 Å². The molecule has 2 N–H and O–H groups in total. The maximum absolute atomic E-state index is 11.3. The van der Waals surface area contributed by atoms with E-state index in [0.29, 0.717) is 17.9 Å². The summed E-state index contributed by atoms with van der Waals surface area (Å²) < 4.78 is 6.23. The predicted molar refractivity (Wildman–Crippen MR) is 69.0 cm³/mol. The van der Waals surface area contributed by atoms with E-state index in [4.69, 9.17) is 4.74 Å². The van der Waals surface area contributed by atoms with Crippen LogP contribution in [0.25, 0.3) is 0 Å². The molecule has 1 aromatic rings. The highest BCUT2D eigenvalue weighted by Gasteiger charge is 2.11. The van der Waals surface area contributed by atoms with Gasteiger partial charge in [0.1, 0.15) is 5.75 Å². The molecule has 1 rings (SSSR count). The molecular weight excluding hydrogens is 286 g/mol. The molecule has 0 aliphatic rings. The zero-order valence-corrected chi connectivity index (χ0v) is 11.5. The van der Waals surface area contributed by atoms with Gasteiger partial charge in [0.15, 0.2) is 6.61 Å². The minimum atomic E-state index is -0.642. The number of likely N-dealkylation sites (N-methyl/N-ethyl adjacent to an activating group) is 1. The summed E-state index contributed by atoms with van der Waals surface area (Å²) in [4.78, 5) is 11.3. The molecule has 17 heavy (non-hydrogen) atoms. The maximum Gasteiger partial charge on any atom is 0.257 e. The number of halogens is 1. The number of benzene rings is 1. The number of rotatable bonds is 5. The molecule has 1 amide bonds. The second kappa shape index (κ2) is 6.61. The fourth-order valence-corrected chi connectivity index (χ4v) is 1.75. The lowest BCUT2D eigenvalue weighted by atomic mass is 10.1. The van der Waals surface area contributed by atoms with Gasteiger partial charge in [0.25, 0.3) is 5.91 Å². The van der Waals surface area contributed by atoms with Gasteiger partial charge in [-0.25, -0.2) is 0 Å². The molecule has 0 heterocycles. The summed E-state index contributed by atoms with van der Waals surface area (Å²) in [5, 5.41) is 12.2. The van der Waals surface area contributed by atoms with Gasteiger partial charge in [0.05, 0.1) is 6.10 Å². The van der Waals surface area contributed by atoms with Crippen molar-refractivity contribution in [3.63, 3.8) is 0 Å². The molecule has 4 nitrogen and oxygen atoms in total. The van der Waals surface area contributed by atoms with E-state index in [1.807, 2.05) is 6.92 Å². The lowest BCUT2D eigenvalue weighted by molar-refractivity contribution is -0.123. The van der Waals surface area contributed by atoms with Crippen molar-refractivity contribution in [3.8, 4) is 5.75 Å². The average molecular weight is 302 g/mol. The van der Waals surface area contributed by atoms with E-state index < -0.39 is 6.10 Å². The first-order chi connectivity index (χ1) is 8.04. The third-order valence-electron chi connectivity index (χ3n) is 2.15. The van der Waals surface area contributed by atoms with Crippen molar-refractivity contribution in [2.45, 2.75) is 20.0 Å². The highest BCUT2D eigenvalue weighted by Crippen LogP contribution is 2.28. The number of hydrogen-bond donors (Lipinski definition) is 2. The fourth-order valence-electron chi connectivity index (χ4n) is 1.37. The largest absolute Gasteiger partial charge is 0.483 e. The Morgan fingerprint density at radius 1 is 1.59 bits per heavy atom. The molecule has 0 saturated carbocycles. The van der Waals surface area contributed by atoms with Crippen LogP contribution in [0.5, 0.6) is 5.75 Å². The van der Waals surface area contributed by atoms with Crippen LogP contribution in [0.1, 0.15) is 25.5 Å². The Morgan fingerprint density at radius 2 is 2.29 bits per heavy atom. The summed E-state index contributed by atoms with van der Waals surface area (Å²) >= 11 is 3.32. The monoisotopic (exact) mass is 301 g/mol. The number of nitrogens with one attached hydrogen (secondary N) is 1. The Balaban J connectivity index is 2.73. The van der Waals surface area contributed by atoms with Gasteiger partial charge in [-0.2, -0.15) is 0 Å². The topological polar surface area (TPSA) is 58.6 Å². The van der Waals surface area contributed by atoms with Crippen molar-refractivity contribution in [1.82, 2.24) is 5.32 Å². The molecule has 1 aromatic carbocycles. The van der Waals surface area contributed by atoms with Crippen LogP contribution in [0.15, 0.2) is 22.7 Å². The van der Waals surface area contributed by atoms with Crippen LogP contribution in [0.3, 0.4) is 0 Å². The minimum Gasteiger partial charge on any atom is -0.483 e. The predicted octanol–water partition coefficient (Wildman–Crippen LogP) is 2.02. The second-order valence-electron chi connectivity index (χ2n) is 3.60. The summed E-state index contributed by atoms with van der Waals surface area (Å²) in [7, 11) is 0. The first-order valence-corrected chi connectivity index (χ1v) is 6.21. The number of amides is 1. The van der Waals surface area contributed by atoms with Crippen LogP contribution in [-0.4, -0.2) is 24.2 Å². The third-order valence-corrected chi connectivity index (χ3v) is 2.65. The highest BCUT2D eigenvalue weighted by atomic mass is 79.9. The normalized spacial score (nSPS) is 12.0. The van der Waals surface area contributed by atoms with E-state index in [0.717, 1.165) is 4.47 Å². The van der Waals surface area contributed by atoms with Gasteiger partial charge in [-0.15, -0.1) is 0 Å². The van der Waals surface area contributed by atoms with Crippen LogP contribution in [0.2, 0.25) is 0 Å². The molecule has 1 unspecified atom stereocenters. The molecule has 0 spiro atoms. The van der Waals surface area contributed by atoms with Gasteiger partial charge < -0.3 is 15.2 Å². The molecule has 5 heteroatoms. The molecule has 0 bridgehead atoms. The van der Waals surface area contributed by atoms with Crippen molar-refractivity contribution >= 4 is 21.8 Å². The summed E-state index contributed by atoms with van der Waals surface area (Å²) in [6, 6.07) is 5.31. The van der Waals surface area contributed by atoms with E-state index >= 15 is 0 Å². The quantitative estimate of drug-likeness (QED) is 0.875. The van der Waals surface area contributed by atoms with Crippen LogP contribution in [0.4, 0.5) is 0 Å². The minimum absolute atomic E-state index is 0.0464. The van der Waals surface area contributed by atoms with Gasteiger partial charge in [0.2, 0.25) is 0 Å². The summed E-state index contributed by atoms with van der Waals surface area (Å²) in [6.45, 7) is 4.03. The summed E-state index contributed by atoms with van der Waals surface area (Å²) in [5.41, 5.74) is 0.656. The molecule has 0 saturated heterocycles. The SMILES string of the molecule is CCNC(=O)COc1ccc(Br)cc1C(C)O. The Bertz CT molecular complexity index is 393. The standard InChI is InChI=1S/C12H16BrNO3/c1-3-14-12(16)7-17-11-5-4-9(13)6-10(11)8(2)15/h4-6,8,15H,3,7H2,1-2H3,(H,14,16). The van der Waals surface area contributed by atoms with Crippen molar-refractivity contribution in [1.29, 1.82) is 0 Å². The number of ether oxygens (including phenoxy) is 1. The Kier molecular flexibility index (Phi) is 5.44. The Hall–Kier alpha value is -1.07. The van der Waals surface area contributed by atoms with Crippen molar-refractivity contribution in [2.75, 3.05) is 13.2 Å². The number of aliphatic hydroxyl groups excluding tert-OH is 1. The van der Waals surface area contributed by atoms with Gasteiger partial charge >= 0.3 is 0 Å². The smallest absolute Gasteiger partial charge is 0.257 e. The summed E-state index contributed by atoms with van der Waals surface area (Å²) in [6.07, 6.45) is -0.642. The maximum atomic E-state index is 11.3. The molecule has 94 valence electrons. The van der Waals surface area contributed by atoms with E-state index in [2.05, 4.69) is 21.2 Å². The van der Waals surface area contributed by atoms with Crippen LogP contribution in [0, 0.1) is 0 Å². The lowest BCUT2D eigenvalue weighted by Crippen LogP contribution is -2.28. The third kappa shape index (κ3) is 4.36. The van der Waals surface area contributed by atoms with Gasteiger partial charge in [-0.05, 0) is 32.0 Å². The van der Waals surface area contributed by atoms with Gasteiger partial charge in [-0.1, -0.05) is 15.9 Å². The molecule has 0 fully saturated rings. The van der Waals surface area contributed by atoms with E-state index in [1.54, 1.807) is 25.1 Å². The van der Waals surface area contributed by atoms with Crippen molar-refractivity contribution in [3.05, 3.63) is 28.2 Å². The average Bonchev–Trinajstić information content (AvgIpc) is 2.27. The van der Waals surface area contributed by atoms with Crippen LogP contribution < -0.4 is 10.1 Å². The van der Waals surface area contributed by atoms with E-state index in [1.165, 1.54) is 0 Å². The lowest BCUT2D eigenvalue weighted by Gasteiger charge is -2.13. The highest BCUT2D eigenvalue weighted by molar-refractivity contribution is 9.10. The zero-order chi connectivity index (χ0) is 12.8. The molecule has 0 radical (unpaired) electrons. The molecule has 0 aliphatic carbocycles. The van der Waals surface area contributed by atoms with Crippen molar-refractivity contribution in [2.24, 2.45) is 0 Å². The van der Waals surface area contributed by atoms with E-state index in [-0.39, 0.29) is 12.5 Å². The van der Waals surface area contributed by atoms with Gasteiger partial charge in [-0.3, -0.25) is 4.79 Å². The molecular formula is C12H16BrNO3. The molecule has 1 atom stereocenters. The fraction of sp³-hybridized carbons (Fsp3) is 0.417. The zero-order valence-electron chi connectivity index (χ0n) is 9.87. The number of carbonyl (C=O) groups excluding carboxylic acids is 1. The Labute approximate surface area is 109 Å². The number of carbonyl (C=O) groups is 1. The Morgan fingerprint density at radius 3 is 2.88 bits per heavy atom. The second-order valence-corrected chi connectivity index (χ2v) is 4.52. The van der Waals surface area contributed by atoms with E-state index in [9.17, 15) is 9.90 Å². The first-order valence-electron chi connectivity index (χ1n) is 5.41. The summed E-state index contributed by atoms with van der Waals surface area (Å²) in [5.74, 6) is 0.349. The number of aliphatic hydroxyl groups is 1. The first kappa shape index (κ1) is 14.0. The molecule has 0 aliphatic heterocycles. The molecule has 0 aromatic heterocycles. The van der Waals surface area contributed by atoms with Crippen LogP contribution in [-0.2, 0) is 4.79 Å². The van der Waals surface area contributed by atoms with Gasteiger partial charge in [0, 0.05) is 16.6 Å². The van der Waals surface area contributed by atoms with Crippen LogP contribution >= 0.6 is 15.9 Å².